The molecule has 0 aromatic carbocycles. The second-order valence-electron chi connectivity index (χ2n) is 4.13. The zero-order valence-corrected chi connectivity index (χ0v) is 11.2. The maximum absolute atomic E-state index is 12.0. The van der Waals surface area contributed by atoms with Gasteiger partial charge in [-0.1, -0.05) is 0 Å². The monoisotopic (exact) mass is 276 g/mol. The molecule has 0 aliphatic heterocycles. The van der Waals surface area contributed by atoms with Crippen LogP contribution in [0.15, 0.2) is 15.7 Å². The molecule has 1 unspecified atom stereocenters. The van der Waals surface area contributed by atoms with Gasteiger partial charge in [0.15, 0.2) is 4.21 Å². The number of nitrogens with one attached hydrogen (secondary N) is 1. The molecule has 1 aliphatic rings. The lowest BCUT2D eigenvalue weighted by Crippen LogP contribution is -2.38. The minimum Gasteiger partial charge on any atom is -0.494 e. The molecule has 1 aliphatic carbocycles. The summed E-state index contributed by atoms with van der Waals surface area (Å²) in [5, 5.41) is 1.69. The summed E-state index contributed by atoms with van der Waals surface area (Å²) < 4.78 is 31.7. The van der Waals surface area contributed by atoms with Crippen LogP contribution in [0.2, 0.25) is 0 Å². The Bertz CT molecular complexity index is 479. The third-order valence-electron chi connectivity index (χ3n) is 2.80. The van der Waals surface area contributed by atoms with Crippen LogP contribution in [0.3, 0.4) is 0 Å². The Morgan fingerprint density at radius 2 is 2.35 bits per heavy atom. The second kappa shape index (κ2) is 4.93. The number of nitrogens with two attached hydrogens (primary N) is 1. The van der Waals surface area contributed by atoms with E-state index in [0.29, 0.717) is 11.7 Å². The SMILES string of the molecule is COc1ccsc1S(=O)(=O)NCC(N)C1CC1. The molecule has 0 spiro atoms. The molecule has 1 aromatic rings. The molecule has 7 heteroatoms. The molecule has 2 rings (SSSR count). The van der Waals surface area contributed by atoms with Gasteiger partial charge in [-0.15, -0.1) is 11.3 Å². The van der Waals surface area contributed by atoms with Gasteiger partial charge in [0.1, 0.15) is 5.75 Å². The van der Waals surface area contributed by atoms with Gasteiger partial charge in [0.2, 0.25) is 0 Å². The standard InChI is InChI=1S/C10H16N2O3S2/c1-15-9-4-5-16-10(9)17(13,14)12-6-8(11)7-2-3-7/h4-5,7-8,12H,2-3,6,11H2,1H3. The van der Waals surface area contributed by atoms with Crippen molar-refractivity contribution in [2.75, 3.05) is 13.7 Å². The molecule has 3 N–H and O–H groups in total. The summed E-state index contributed by atoms with van der Waals surface area (Å²) in [6.45, 7) is 0.286. The Kier molecular flexibility index (Phi) is 3.72. The lowest BCUT2D eigenvalue weighted by atomic mass is 10.2. The third kappa shape index (κ3) is 2.98. The van der Waals surface area contributed by atoms with E-state index in [2.05, 4.69) is 4.72 Å². The Labute approximate surface area is 105 Å². The number of thiophene rings is 1. The van der Waals surface area contributed by atoms with Crippen LogP contribution < -0.4 is 15.2 Å². The first-order valence-electron chi connectivity index (χ1n) is 5.41. The second-order valence-corrected chi connectivity index (χ2v) is 7.01. The predicted molar refractivity (Wildman–Crippen MR) is 66.8 cm³/mol. The van der Waals surface area contributed by atoms with Gasteiger partial charge in [0, 0.05) is 12.6 Å². The van der Waals surface area contributed by atoms with Crippen LogP contribution in [-0.4, -0.2) is 28.1 Å². The van der Waals surface area contributed by atoms with E-state index < -0.39 is 10.0 Å². The first kappa shape index (κ1) is 12.8. The van der Waals surface area contributed by atoms with Gasteiger partial charge in [-0.2, -0.15) is 0 Å². The Morgan fingerprint density at radius 3 is 2.94 bits per heavy atom. The summed E-state index contributed by atoms with van der Waals surface area (Å²) >= 11 is 1.14. The Morgan fingerprint density at radius 1 is 1.65 bits per heavy atom. The summed E-state index contributed by atoms with van der Waals surface area (Å²) in [5.41, 5.74) is 5.86. The third-order valence-corrected chi connectivity index (χ3v) is 5.67. The van der Waals surface area contributed by atoms with Gasteiger partial charge in [-0.25, -0.2) is 13.1 Å². The fourth-order valence-electron chi connectivity index (χ4n) is 1.59. The van der Waals surface area contributed by atoms with Crippen molar-refractivity contribution in [3.63, 3.8) is 0 Å². The molecule has 0 saturated heterocycles. The molecular formula is C10H16N2O3S2. The van der Waals surface area contributed by atoms with E-state index >= 15 is 0 Å². The van der Waals surface area contributed by atoms with Gasteiger partial charge in [0.05, 0.1) is 7.11 Å². The highest BCUT2D eigenvalue weighted by molar-refractivity contribution is 7.91. The topological polar surface area (TPSA) is 81.4 Å². The maximum atomic E-state index is 12.0. The van der Waals surface area contributed by atoms with Crippen molar-refractivity contribution in [2.24, 2.45) is 11.7 Å². The molecule has 1 atom stereocenters. The number of methoxy groups -OCH3 is 1. The summed E-state index contributed by atoms with van der Waals surface area (Å²) in [7, 11) is -2.04. The molecule has 96 valence electrons. The van der Waals surface area contributed by atoms with Gasteiger partial charge in [0.25, 0.3) is 10.0 Å². The van der Waals surface area contributed by atoms with Crippen LogP contribution in [0.25, 0.3) is 0 Å². The van der Waals surface area contributed by atoms with E-state index in [0.717, 1.165) is 24.2 Å². The summed E-state index contributed by atoms with van der Waals surface area (Å²) in [5.74, 6) is 0.852. The zero-order valence-electron chi connectivity index (χ0n) is 9.55. The number of hydrogen-bond acceptors (Lipinski definition) is 5. The molecule has 1 saturated carbocycles. The van der Waals surface area contributed by atoms with Crippen molar-refractivity contribution in [3.05, 3.63) is 11.4 Å². The van der Waals surface area contributed by atoms with Crippen molar-refractivity contribution in [1.29, 1.82) is 0 Å². The molecule has 17 heavy (non-hydrogen) atoms. The lowest BCUT2D eigenvalue weighted by molar-refractivity contribution is 0.406. The number of rotatable bonds is 6. The quantitative estimate of drug-likeness (QED) is 0.804. The van der Waals surface area contributed by atoms with Crippen LogP contribution in [-0.2, 0) is 10.0 Å². The van der Waals surface area contributed by atoms with Gasteiger partial charge in [-0.05, 0) is 30.2 Å². The van der Waals surface area contributed by atoms with E-state index in [1.165, 1.54) is 7.11 Å². The van der Waals surface area contributed by atoms with Crippen LogP contribution in [0.5, 0.6) is 5.75 Å². The molecule has 5 nitrogen and oxygen atoms in total. The van der Waals surface area contributed by atoms with Gasteiger partial charge >= 0.3 is 0 Å². The van der Waals surface area contributed by atoms with Gasteiger partial charge < -0.3 is 10.5 Å². The zero-order chi connectivity index (χ0) is 12.5. The average molecular weight is 276 g/mol. The largest absolute Gasteiger partial charge is 0.494 e. The molecular weight excluding hydrogens is 260 g/mol. The fraction of sp³-hybridized carbons (Fsp3) is 0.600. The maximum Gasteiger partial charge on any atom is 0.253 e. The molecule has 0 radical (unpaired) electrons. The Balaban J connectivity index is 2.03. The van der Waals surface area contributed by atoms with Crippen molar-refractivity contribution < 1.29 is 13.2 Å². The minimum absolute atomic E-state index is 0.0873. The first-order valence-corrected chi connectivity index (χ1v) is 7.77. The summed E-state index contributed by atoms with van der Waals surface area (Å²) in [6, 6.07) is 1.55. The van der Waals surface area contributed by atoms with Crippen molar-refractivity contribution >= 4 is 21.4 Å². The van der Waals surface area contributed by atoms with Crippen molar-refractivity contribution in [2.45, 2.75) is 23.1 Å². The van der Waals surface area contributed by atoms with Crippen molar-refractivity contribution in [3.8, 4) is 5.75 Å². The molecule has 0 amide bonds. The lowest BCUT2D eigenvalue weighted by Gasteiger charge is -2.11. The fourth-order valence-corrected chi connectivity index (χ4v) is 3.99. The van der Waals surface area contributed by atoms with E-state index in [1.807, 2.05) is 0 Å². The number of ether oxygens (including phenoxy) is 1. The highest BCUT2D eigenvalue weighted by Gasteiger charge is 2.30. The van der Waals surface area contributed by atoms with Crippen LogP contribution >= 0.6 is 11.3 Å². The number of sulfonamides is 1. The van der Waals surface area contributed by atoms with Crippen LogP contribution in [0.1, 0.15) is 12.8 Å². The first-order chi connectivity index (χ1) is 8.04. The van der Waals surface area contributed by atoms with Crippen LogP contribution in [0, 0.1) is 5.92 Å². The molecule has 1 heterocycles. The predicted octanol–water partition coefficient (Wildman–Crippen LogP) is 0.772. The molecule has 1 aromatic heterocycles. The van der Waals surface area contributed by atoms with Gasteiger partial charge in [-0.3, -0.25) is 0 Å². The normalized spacial score (nSPS) is 18.0. The van der Waals surface area contributed by atoms with E-state index in [4.69, 9.17) is 10.5 Å². The van der Waals surface area contributed by atoms with E-state index in [-0.39, 0.29) is 16.8 Å². The number of hydrogen-bond donors (Lipinski definition) is 2. The smallest absolute Gasteiger partial charge is 0.253 e. The summed E-state index contributed by atoms with van der Waals surface area (Å²) in [6.07, 6.45) is 2.20. The molecule has 0 bridgehead atoms. The molecule has 1 fully saturated rings. The van der Waals surface area contributed by atoms with Crippen LogP contribution in [0.4, 0.5) is 0 Å². The highest BCUT2D eigenvalue weighted by atomic mass is 32.2. The van der Waals surface area contributed by atoms with E-state index in [1.54, 1.807) is 11.4 Å². The average Bonchev–Trinajstić information content (AvgIpc) is 3.03. The minimum atomic E-state index is -3.50. The Hall–Kier alpha value is -0.630. The van der Waals surface area contributed by atoms with E-state index in [9.17, 15) is 8.42 Å². The summed E-state index contributed by atoms with van der Waals surface area (Å²) in [4.78, 5) is 0. The highest BCUT2D eigenvalue weighted by Crippen LogP contribution is 2.32. The van der Waals surface area contributed by atoms with Crippen molar-refractivity contribution in [1.82, 2.24) is 4.72 Å².